The highest BCUT2D eigenvalue weighted by Gasteiger charge is 2.33. The van der Waals surface area contributed by atoms with E-state index in [2.05, 4.69) is 5.32 Å². The smallest absolute Gasteiger partial charge is 0.333 e. The molecule has 1 aromatic rings. The van der Waals surface area contributed by atoms with Crippen LogP contribution >= 0.6 is 0 Å². The Morgan fingerprint density at radius 1 is 1.18 bits per heavy atom. The van der Waals surface area contributed by atoms with Gasteiger partial charge in [-0.2, -0.15) is 13.2 Å². The molecule has 2 rings (SSSR count). The molecule has 0 aromatic heterocycles. The SMILES string of the molecule is CC(C)(C)NC(=O)N1CCCC1c1ccc(C(F)(F)F)cc1. The molecule has 0 saturated carbocycles. The summed E-state index contributed by atoms with van der Waals surface area (Å²) in [6, 6.07) is 4.76. The van der Waals surface area contributed by atoms with Crippen LogP contribution in [-0.2, 0) is 6.18 Å². The van der Waals surface area contributed by atoms with Crippen molar-refractivity contribution in [2.24, 2.45) is 0 Å². The topological polar surface area (TPSA) is 32.3 Å². The maximum atomic E-state index is 12.6. The molecule has 1 aromatic carbocycles. The zero-order valence-electron chi connectivity index (χ0n) is 13.0. The van der Waals surface area contributed by atoms with Crippen molar-refractivity contribution in [1.82, 2.24) is 10.2 Å². The summed E-state index contributed by atoms with van der Waals surface area (Å²) in [4.78, 5) is 14.0. The molecule has 122 valence electrons. The van der Waals surface area contributed by atoms with Crippen LogP contribution in [0, 0.1) is 0 Å². The van der Waals surface area contributed by atoms with Crippen molar-refractivity contribution in [2.75, 3.05) is 6.54 Å². The van der Waals surface area contributed by atoms with Crippen molar-refractivity contribution >= 4 is 6.03 Å². The Balaban J connectivity index is 2.15. The third kappa shape index (κ3) is 3.93. The summed E-state index contributed by atoms with van der Waals surface area (Å²) in [6.45, 7) is 6.31. The number of likely N-dealkylation sites (tertiary alicyclic amines) is 1. The van der Waals surface area contributed by atoms with Crippen LogP contribution in [0.15, 0.2) is 24.3 Å². The van der Waals surface area contributed by atoms with Gasteiger partial charge < -0.3 is 10.2 Å². The molecule has 2 amide bonds. The highest BCUT2D eigenvalue weighted by molar-refractivity contribution is 5.75. The lowest BCUT2D eigenvalue weighted by molar-refractivity contribution is -0.137. The summed E-state index contributed by atoms with van der Waals surface area (Å²) in [6.07, 6.45) is -2.72. The molecule has 0 bridgehead atoms. The zero-order valence-corrected chi connectivity index (χ0v) is 13.0. The predicted octanol–water partition coefficient (Wildman–Crippen LogP) is 4.35. The molecule has 1 unspecified atom stereocenters. The minimum absolute atomic E-state index is 0.162. The molecule has 1 atom stereocenters. The molecule has 6 heteroatoms. The van der Waals surface area contributed by atoms with Gasteiger partial charge >= 0.3 is 12.2 Å². The maximum Gasteiger partial charge on any atom is 0.416 e. The van der Waals surface area contributed by atoms with Gasteiger partial charge in [0.15, 0.2) is 0 Å². The summed E-state index contributed by atoms with van der Waals surface area (Å²) < 4.78 is 37.8. The number of hydrogen-bond donors (Lipinski definition) is 1. The monoisotopic (exact) mass is 314 g/mol. The van der Waals surface area contributed by atoms with E-state index in [1.165, 1.54) is 12.1 Å². The number of urea groups is 1. The van der Waals surface area contributed by atoms with Gasteiger partial charge in [-0.25, -0.2) is 4.79 Å². The number of rotatable bonds is 1. The van der Waals surface area contributed by atoms with Gasteiger partial charge in [-0.3, -0.25) is 0 Å². The number of carbonyl (C=O) groups is 1. The molecule has 3 nitrogen and oxygen atoms in total. The number of carbonyl (C=O) groups excluding carboxylic acids is 1. The molecule has 0 aliphatic carbocycles. The zero-order chi connectivity index (χ0) is 16.5. The Morgan fingerprint density at radius 3 is 2.27 bits per heavy atom. The third-order valence-electron chi connectivity index (χ3n) is 3.62. The second kappa shape index (κ2) is 5.82. The lowest BCUT2D eigenvalue weighted by Crippen LogP contribution is -2.48. The number of amides is 2. The van der Waals surface area contributed by atoms with E-state index in [0.717, 1.165) is 30.5 Å². The lowest BCUT2D eigenvalue weighted by atomic mass is 10.0. The lowest BCUT2D eigenvalue weighted by Gasteiger charge is -2.30. The number of nitrogens with one attached hydrogen (secondary N) is 1. The van der Waals surface area contributed by atoms with Crippen molar-refractivity contribution in [1.29, 1.82) is 0 Å². The van der Waals surface area contributed by atoms with E-state index in [1.54, 1.807) is 4.90 Å². The fourth-order valence-electron chi connectivity index (χ4n) is 2.64. The van der Waals surface area contributed by atoms with Gasteiger partial charge in [-0.05, 0) is 51.3 Å². The van der Waals surface area contributed by atoms with Crippen LogP contribution in [0.4, 0.5) is 18.0 Å². The van der Waals surface area contributed by atoms with Gasteiger partial charge in [0, 0.05) is 12.1 Å². The first kappa shape index (κ1) is 16.6. The Morgan fingerprint density at radius 2 is 1.77 bits per heavy atom. The first-order valence-corrected chi connectivity index (χ1v) is 7.34. The average molecular weight is 314 g/mol. The van der Waals surface area contributed by atoms with Gasteiger partial charge in [0.2, 0.25) is 0 Å². The molecule has 1 N–H and O–H groups in total. The summed E-state index contributed by atoms with van der Waals surface area (Å²) in [5.74, 6) is 0. The first-order valence-electron chi connectivity index (χ1n) is 7.34. The second-order valence-electron chi connectivity index (χ2n) is 6.65. The first-order chi connectivity index (χ1) is 10.1. The van der Waals surface area contributed by atoms with E-state index in [0.29, 0.717) is 6.54 Å². The normalized spacial score (nSPS) is 19.4. The van der Waals surface area contributed by atoms with Crippen molar-refractivity contribution in [2.45, 2.75) is 51.4 Å². The Bertz CT molecular complexity index is 532. The quantitative estimate of drug-likeness (QED) is 0.821. The van der Waals surface area contributed by atoms with Crippen LogP contribution in [-0.4, -0.2) is 23.0 Å². The number of benzene rings is 1. The number of hydrogen-bond acceptors (Lipinski definition) is 1. The Hall–Kier alpha value is -1.72. The average Bonchev–Trinajstić information content (AvgIpc) is 2.85. The van der Waals surface area contributed by atoms with Gasteiger partial charge in [-0.15, -0.1) is 0 Å². The molecular formula is C16H21F3N2O. The molecular weight excluding hydrogens is 293 g/mol. The van der Waals surface area contributed by atoms with Crippen LogP contribution in [0.25, 0.3) is 0 Å². The number of halogens is 3. The van der Waals surface area contributed by atoms with E-state index in [9.17, 15) is 18.0 Å². The summed E-state index contributed by atoms with van der Waals surface area (Å²) >= 11 is 0. The Labute approximate surface area is 128 Å². The predicted molar refractivity (Wildman–Crippen MR) is 78.4 cm³/mol. The standard InChI is InChI=1S/C16H21F3N2O/c1-15(2,3)20-14(22)21-10-4-5-13(21)11-6-8-12(9-7-11)16(17,18)19/h6-9,13H,4-5,10H2,1-3H3,(H,20,22). The fraction of sp³-hybridized carbons (Fsp3) is 0.562. The summed E-state index contributed by atoms with van der Waals surface area (Å²) in [5, 5.41) is 2.90. The van der Waals surface area contributed by atoms with Crippen molar-refractivity contribution in [3.05, 3.63) is 35.4 Å². The molecule has 1 aliphatic rings. The third-order valence-corrected chi connectivity index (χ3v) is 3.62. The van der Waals surface area contributed by atoms with Crippen molar-refractivity contribution in [3.8, 4) is 0 Å². The molecule has 22 heavy (non-hydrogen) atoms. The molecule has 1 fully saturated rings. The molecule has 1 aliphatic heterocycles. The van der Waals surface area contributed by atoms with E-state index in [-0.39, 0.29) is 17.6 Å². The van der Waals surface area contributed by atoms with E-state index < -0.39 is 11.7 Å². The summed E-state index contributed by atoms with van der Waals surface area (Å²) in [5.41, 5.74) is -0.265. The van der Waals surface area contributed by atoms with Gasteiger partial charge in [0.1, 0.15) is 0 Å². The minimum atomic E-state index is -4.34. The van der Waals surface area contributed by atoms with Gasteiger partial charge in [0.05, 0.1) is 11.6 Å². The molecule has 0 spiro atoms. The van der Waals surface area contributed by atoms with Crippen LogP contribution in [0.1, 0.15) is 50.8 Å². The van der Waals surface area contributed by atoms with Crippen LogP contribution in [0.5, 0.6) is 0 Å². The molecule has 1 heterocycles. The Kier molecular flexibility index (Phi) is 4.40. The highest BCUT2D eigenvalue weighted by atomic mass is 19.4. The fourth-order valence-corrected chi connectivity index (χ4v) is 2.64. The van der Waals surface area contributed by atoms with Crippen molar-refractivity contribution < 1.29 is 18.0 Å². The maximum absolute atomic E-state index is 12.6. The van der Waals surface area contributed by atoms with Gasteiger partial charge in [-0.1, -0.05) is 12.1 Å². The van der Waals surface area contributed by atoms with E-state index >= 15 is 0 Å². The van der Waals surface area contributed by atoms with E-state index in [4.69, 9.17) is 0 Å². The molecule has 1 saturated heterocycles. The minimum Gasteiger partial charge on any atom is -0.333 e. The molecule has 0 radical (unpaired) electrons. The van der Waals surface area contributed by atoms with Crippen molar-refractivity contribution in [3.63, 3.8) is 0 Å². The largest absolute Gasteiger partial charge is 0.416 e. The van der Waals surface area contributed by atoms with Crippen LogP contribution in [0.2, 0.25) is 0 Å². The van der Waals surface area contributed by atoms with Crippen LogP contribution < -0.4 is 5.32 Å². The van der Waals surface area contributed by atoms with Gasteiger partial charge in [0.25, 0.3) is 0 Å². The van der Waals surface area contributed by atoms with E-state index in [1.807, 2.05) is 20.8 Å². The number of nitrogens with zero attached hydrogens (tertiary/aromatic N) is 1. The summed E-state index contributed by atoms with van der Waals surface area (Å²) in [7, 11) is 0. The second-order valence-corrected chi connectivity index (χ2v) is 6.65. The number of alkyl halides is 3. The highest BCUT2D eigenvalue weighted by Crippen LogP contribution is 2.34. The van der Waals surface area contributed by atoms with Crippen LogP contribution in [0.3, 0.4) is 0 Å².